The van der Waals surface area contributed by atoms with Gasteiger partial charge in [-0.1, -0.05) is 12.1 Å². The van der Waals surface area contributed by atoms with Gasteiger partial charge in [-0.2, -0.15) is 8.78 Å². The van der Waals surface area contributed by atoms with Crippen LogP contribution in [0.1, 0.15) is 0 Å². The second kappa shape index (κ2) is 6.05. The summed E-state index contributed by atoms with van der Waals surface area (Å²) in [5.41, 5.74) is 1.05. The summed E-state index contributed by atoms with van der Waals surface area (Å²) in [7, 11) is 0. The monoisotopic (exact) mass is 364 g/mol. The number of aromatic amines is 1. The van der Waals surface area contributed by atoms with Gasteiger partial charge in [0.05, 0.1) is 15.4 Å². The van der Waals surface area contributed by atoms with Gasteiger partial charge in [-0.25, -0.2) is 13.8 Å². The third kappa shape index (κ3) is 3.06. The van der Waals surface area contributed by atoms with Gasteiger partial charge in [-0.15, -0.1) is 22.7 Å². The van der Waals surface area contributed by atoms with Crippen LogP contribution in [-0.4, -0.2) is 21.6 Å². The Kier molecular flexibility index (Phi) is 4.28. The largest absolute Gasteiger partial charge is 0.360 e. The lowest BCUT2D eigenvalue weighted by Crippen LogP contribution is -2.21. The molecular formula is C13H8F4N2S3. The second-order valence-electron chi connectivity index (χ2n) is 4.18. The zero-order chi connectivity index (χ0) is 15.7. The molecule has 0 aliphatic rings. The molecule has 3 heterocycles. The van der Waals surface area contributed by atoms with Crippen LogP contribution in [0, 0.1) is 0 Å². The molecule has 0 saturated heterocycles. The van der Waals surface area contributed by atoms with E-state index >= 15 is 0 Å². The Bertz CT molecular complexity index is 684. The summed E-state index contributed by atoms with van der Waals surface area (Å²) < 4.78 is 51.1. The van der Waals surface area contributed by atoms with Crippen LogP contribution in [0.5, 0.6) is 0 Å². The molecule has 3 aromatic rings. The van der Waals surface area contributed by atoms with Crippen LogP contribution in [0.3, 0.4) is 0 Å². The van der Waals surface area contributed by atoms with Gasteiger partial charge in [0.2, 0.25) is 0 Å². The summed E-state index contributed by atoms with van der Waals surface area (Å²) in [6, 6.07) is 7.25. The lowest BCUT2D eigenvalue weighted by atomic mass is 10.2. The average Bonchev–Trinajstić information content (AvgIpc) is 3.19. The van der Waals surface area contributed by atoms with Crippen LogP contribution in [0.15, 0.2) is 40.2 Å². The summed E-state index contributed by atoms with van der Waals surface area (Å²) in [4.78, 5) is 8.42. The predicted molar refractivity (Wildman–Crippen MR) is 82.0 cm³/mol. The van der Waals surface area contributed by atoms with Crippen molar-refractivity contribution in [2.75, 3.05) is 0 Å². The average molecular weight is 364 g/mol. The van der Waals surface area contributed by atoms with Gasteiger partial charge in [0, 0.05) is 0 Å². The smallest absolute Gasteiger partial charge is 0.332 e. The van der Waals surface area contributed by atoms with Gasteiger partial charge < -0.3 is 4.98 Å². The minimum Gasteiger partial charge on any atom is -0.332 e. The molecule has 116 valence electrons. The number of aromatic nitrogens is 2. The maximum atomic E-state index is 13.2. The van der Waals surface area contributed by atoms with Gasteiger partial charge >= 0.3 is 11.7 Å². The molecule has 0 fully saturated rings. The highest BCUT2D eigenvalue weighted by Crippen LogP contribution is 2.42. The molecule has 0 radical (unpaired) electrons. The van der Waals surface area contributed by atoms with E-state index in [4.69, 9.17) is 0 Å². The summed E-state index contributed by atoms with van der Waals surface area (Å²) in [6.07, 6.45) is -3.75. The number of nitrogens with one attached hydrogen (secondary N) is 1. The normalized spacial score (nSPS) is 12.2. The molecule has 9 heteroatoms. The van der Waals surface area contributed by atoms with Crippen LogP contribution >= 0.6 is 34.4 Å². The third-order valence-electron chi connectivity index (χ3n) is 2.69. The number of alkyl halides is 4. The number of nitrogens with zero attached hydrogens (tertiary/aromatic N) is 1. The molecule has 0 spiro atoms. The maximum absolute atomic E-state index is 13.2. The Balaban J connectivity index is 2.02. The SMILES string of the molecule is FC(F)C(F)(F)Sc1nc(-c2cccs2)c(-c2cccs2)[nH]1. The Morgan fingerprint density at radius 2 is 1.73 bits per heavy atom. The molecule has 0 amide bonds. The minimum absolute atomic E-state index is 0.225. The van der Waals surface area contributed by atoms with Crippen molar-refractivity contribution in [1.82, 2.24) is 9.97 Å². The number of imidazole rings is 1. The highest BCUT2D eigenvalue weighted by molar-refractivity contribution is 8.00. The first-order valence-electron chi connectivity index (χ1n) is 6.00. The van der Waals surface area contributed by atoms with Gasteiger partial charge in [0.1, 0.15) is 5.69 Å². The van der Waals surface area contributed by atoms with Crippen LogP contribution in [-0.2, 0) is 0 Å². The van der Waals surface area contributed by atoms with Crippen molar-refractivity contribution in [3.8, 4) is 21.1 Å². The fourth-order valence-electron chi connectivity index (χ4n) is 1.76. The lowest BCUT2D eigenvalue weighted by Gasteiger charge is -2.11. The standard InChI is InChI=1S/C13H8F4N2S3/c14-11(15)13(16,17)22-12-18-9(7-3-1-5-20-7)10(19-12)8-4-2-6-21-8/h1-6,11H,(H,18,19). The molecule has 0 unspecified atom stereocenters. The van der Waals surface area contributed by atoms with E-state index in [1.54, 1.807) is 6.07 Å². The van der Waals surface area contributed by atoms with E-state index < -0.39 is 11.7 Å². The van der Waals surface area contributed by atoms with E-state index in [-0.39, 0.29) is 16.9 Å². The molecule has 0 bridgehead atoms. The Morgan fingerprint density at radius 3 is 2.27 bits per heavy atom. The Labute approximate surface area is 135 Å². The van der Waals surface area contributed by atoms with Crippen molar-refractivity contribution < 1.29 is 17.6 Å². The molecule has 0 atom stereocenters. The summed E-state index contributed by atoms with van der Waals surface area (Å²) in [5.74, 6) is 0. The van der Waals surface area contributed by atoms with E-state index in [1.165, 1.54) is 22.7 Å². The first-order valence-corrected chi connectivity index (χ1v) is 8.57. The quantitative estimate of drug-likeness (QED) is 0.457. The van der Waals surface area contributed by atoms with Crippen LogP contribution < -0.4 is 0 Å². The number of hydrogen-bond donors (Lipinski definition) is 1. The third-order valence-corrected chi connectivity index (χ3v) is 5.29. The molecule has 22 heavy (non-hydrogen) atoms. The predicted octanol–water partition coefficient (Wildman–Crippen LogP) is 5.82. The summed E-state index contributed by atoms with van der Waals surface area (Å²) in [5, 5.41) is -0.730. The number of thioether (sulfide) groups is 1. The fraction of sp³-hybridized carbons (Fsp3) is 0.154. The maximum Gasteiger partial charge on any atom is 0.360 e. The van der Waals surface area contributed by atoms with Gasteiger partial charge in [-0.3, -0.25) is 0 Å². The van der Waals surface area contributed by atoms with Crippen molar-refractivity contribution >= 4 is 34.4 Å². The molecule has 1 N–H and O–H groups in total. The van der Waals surface area contributed by atoms with E-state index in [2.05, 4.69) is 9.97 Å². The number of H-pyrrole nitrogens is 1. The van der Waals surface area contributed by atoms with E-state index in [9.17, 15) is 17.6 Å². The number of rotatable bonds is 5. The van der Waals surface area contributed by atoms with Crippen molar-refractivity contribution in [1.29, 1.82) is 0 Å². The van der Waals surface area contributed by atoms with Crippen molar-refractivity contribution in [3.63, 3.8) is 0 Å². The first-order chi connectivity index (χ1) is 10.5. The molecule has 3 rings (SSSR count). The Hall–Kier alpha value is -1.32. The Morgan fingerprint density at radius 1 is 1.09 bits per heavy atom. The van der Waals surface area contributed by atoms with Crippen molar-refractivity contribution in [2.45, 2.75) is 16.8 Å². The topological polar surface area (TPSA) is 28.7 Å². The highest BCUT2D eigenvalue weighted by Gasteiger charge is 2.43. The first kappa shape index (κ1) is 15.6. The number of halogens is 4. The van der Waals surface area contributed by atoms with Crippen LogP contribution in [0.2, 0.25) is 0 Å². The molecular weight excluding hydrogens is 356 g/mol. The van der Waals surface area contributed by atoms with Crippen molar-refractivity contribution in [3.05, 3.63) is 35.0 Å². The fourth-order valence-corrected chi connectivity index (χ4v) is 3.85. The van der Waals surface area contributed by atoms with Gasteiger partial charge in [0.15, 0.2) is 5.16 Å². The summed E-state index contributed by atoms with van der Waals surface area (Å²) in [6.45, 7) is 0. The highest BCUT2D eigenvalue weighted by atomic mass is 32.2. The molecule has 2 nitrogen and oxygen atoms in total. The zero-order valence-corrected chi connectivity index (χ0v) is 13.2. The molecule has 0 saturated carbocycles. The molecule has 0 aliphatic heterocycles. The number of thiophene rings is 2. The van der Waals surface area contributed by atoms with E-state index in [1.807, 2.05) is 29.0 Å². The van der Waals surface area contributed by atoms with Crippen LogP contribution in [0.4, 0.5) is 17.6 Å². The van der Waals surface area contributed by atoms with Gasteiger partial charge in [-0.05, 0) is 34.7 Å². The molecule has 3 aromatic heterocycles. The minimum atomic E-state index is -4.18. The lowest BCUT2D eigenvalue weighted by molar-refractivity contribution is -0.0565. The van der Waals surface area contributed by atoms with Gasteiger partial charge in [0.25, 0.3) is 0 Å². The molecule has 0 aromatic carbocycles. The second-order valence-corrected chi connectivity index (χ2v) is 7.22. The van der Waals surface area contributed by atoms with E-state index in [0.29, 0.717) is 11.4 Å². The van der Waals surface area contributed by atoms with Crippen molar-refractivity contribution in [2.24, 2.45) is 0 Å². The molecule has 0 aliphatic carbocycles. The number of hydrogen-bond acceptors (Lipinski definition) is 4. The zero-order valence-electron chi connectivity index (χ0n) is 10.7. The van der Waals surface area contributed by atoms with Crippen LogP contribution in [0.25, 0.3) is 21.1 Å². The van der Waals surface area contributed by atoms with E-state index in [0.717, 1.165) is 9.75 Å². The summed E-state index contributed by atoms with van der Waals surface area (Å²) >= 11 is 2.56.